The molecule has 0 spiro atoms. The van der Waals surface area contributed by atoms with Crippen molar-refractivity contribution < 1.29 is 4.48 Å². The van der Waals surface area contributed by atoms with Crippen LogP contribution in [0.3, 0.4) is 0 Å². The van der Waals surface area contributed by atoms with Crippen LogP contribution in [0.25, 0.3) is 0 Å². The Morgan fingerprint density at radius 2 is 2.06 bits per heavy atom. The highest BCUT2D eigenvalue weighted by molar-refractivity contribution is 6.72. The minimum absolute atomic E-state index is 0.798. The Kier molecular flexibility index (Phi) is 2.58. The lowest BCUT2D eigenvalue weighted by Gasteiger charge is -2.48. The molecule has 2 aliphatic heterocycles. The summed E-state index contributed by atoms with van der Waals surface area (Å²) in [4.78, 5) is 7.10. The van der Waals surface area contributed by atoms with Crippen molar-refractivity contribution in [3.8, 4) is 0 Å². The smallest absolute Gasteiger partial charge is 0.290 e. The van der Waals surface area contributed by atoms with E-state index >= 15 is 0 Å². The number of aromatic nitrogens is 1. The molecule has 0 aliphatic carbocycles. The molecule has 0 amide bonds. The van der Waals surface area contributed by atoms with Crippen LogP contribution in [0.5, 0.6) is 0 Å². The quantitative estimate of drug-likeness (QED) is 0.726. The van der Waals surface area contributed by atoms with E-state index in [-0.39, 0.29) is 0 Å². The van der Waals surface area contributed by atoms with E-state index in [0.717, 1.165) is 24.3 Å². The lowest BCUT2D eigenvalue weighted by Crippen LogP contribution is -2.75. The number of hydrogen-bond acceptors (Lipinski definition) is 2. The number of allylic oxidation sites excluding steroid dienone is 2. The minimum atomic E-state index is -0.798. The topological polar surface area (TPSA) is 19.5 Å². The van der Waals surface area contributed by atoms with Gasteiger partial charge in [0.15, 0.2) is 0 Å². The van der Waals surface area contributed by atoms with Gasteiger partial charge in [-0.15, -0.1) is 12.6 Å². The summed E-state index contributed by atoms with van der Waals surface area (Å²) in [5.74, 6) is 2.12. The molecule has 0 radical (unpaired) electrons. The second-order valence-corrected chi connectivity index (χ2v) is 4.99. The minimum Gasteiger partial charge on any atom is -0.447 e. The van der Waals surface area contributed by atoms with E-state index in [2.05, 4.69) is 72.0 Å². The molecule has 0 bridgehead atoms. The van der Waals surface area contributed by atoms with E-state index in [0.29, 0.717) is 0 Å². The highest BCUT2D eigenvalue weighted by Gasteiger charge is 2.42. The first-order valence-corrected chi connectivity index (χ1v) is 6.74. The molecule has 0 atom stereocenters. The van der Waals surface area contributed by atoms with Crippen LogP contribution >= 0.6 is 0 Å². The van der Waals surface area contributed by atoms with Gasteiger partial charge in [-0.1, -0.05) is 26.0 Å². The van der Waals surface area contributed by atoms with Gasteiger partial charge in [0.05, 0.1) is 0 Å². The molecule has 0 N–H and O–H groups in total. The third-order valence-corrected chi connectivity index (χ3v) is 4.31. The van der Waals surface area contributed by atoms with Crippen molar-refractivity contribution in [2.24, 2.45) is 4.99 Å². The summed E-state index contributed by atoms with van der Waals surface area (Å²) in [6, 6.07) is 6.24. The average molecular weight is 239 g/mol. The van der Waals surface area contributed by atoms with E-state index in [1.807, 2.05) is 0 Å². The molecule has 3 rings (SSSR count). The molecule has 3 heterocycles. The van der Waals surface area contributed by atoms with Crippen molar-refractivity contribution in [3.63, 3.8) is 0 Å². The lowest BCUT2D eigenvalue weighted by atomic mass is 9.39. The second-order valence-electron chi connectivity index (χ2n) is 4.99. The molecular weight excluding hydrogens is 221 g/mol. The highest BCUT2D eigenvalue weighted by atomic mass is 15.3. The number of rotatable bonds is 2. The van der Waals surface area contributed by atoms with Crippen molar-refractivity contribution in [2.75, 3.05) is 0 Å². The summed E-state index contributed by atoms with van der Waals surface area (Å²) in [7, 11) is 0. The largest absolute Gasteiger partial charge is 0.447 e. The summed E-state index contributed by atoms with van der Waals surface area (Å²) < 4.78 is 2.35. The fraction of sp³-hybridized carbons (Fsp3) is 0.286. The van der Waals surface area contributed by atoms with Gasteiger partial charge in [0, 0.05) is 18.3 Å². The number of hydrogen-bond donors (Lipinski definition) is 0. The molecule has 3 nitrogen and oxygen atoms in total. The van der Waals surface area contributed by atoms with Crippen LogP contribution in [0.2, 0.25) is 12.6 Å². The number of fused-ring (bicyclic) bond motifs is 2. The normalized spacial score (nSPS) is 19.2. The highest BCUT2D eigenvalue weighted by Crippen LogP contribution is 2.27. The Morgan fingerprint density at radius 1 is 1.22 bits per heavy atom. The molecular formula is C14H18BN3. The maximum Gasteiger partial charge on any atom is 0.290 e. The first-order chi connectivity index (χ1) is 8.81. The van der Waals surface area contributed by atoms with Gasteiger partial charge in [0.2, 0.25) is 5.84 Å². The molecule has 0 aromatic carbocycles. The maximum absolute atomic E-state index is 4.74. The molecule has 1 aromatic rings. The summed E-state index contributed by atoms with van der Waals surface area (Å²) in [6.07, 6.45) is 12.0. The zero-order valence-electron chi connectivity index (χ0n) is 11.0. The summed E-state index contributed by atoms with van der Waals surface area (Å²) >= 11 is 0. The predicted octanol–water partition coefficient (Wildman–Crippen LogP) is 2.73. The average Bonchev–Trinajstić information content (AvgIpc) is 2.45. The van der Waals surface area contributed by atoms with Crippen LogP contribution < -0.4 is 4.48 Å². The van der Waals surface area contributed by atoms with Gasteiger partial charge in [-0.25, -0.2) is 0 Å². The van der Waals surface area contributed by atoms with Crippen molar-refractivity contribution in [3.05, 3.63) is 48.8 Å². The van der Waals surface area contributed by atoms with Crippen LogP contribution in [0, 0.1) is 0 Å². The summed E-state index contributed by atoms with van der Waals surface area (Å²) in [6.45, 7) is 4.53. The number of aliphatic imine (C=N–C) groups is 1. The second kappa shape index (κ2) is 4.12. The monoisotopic (exact) mass is 239 g/mol. The molecule has 92 valence electrons. The van der Waals surface area contributed by atoms with E-state index in [9.17, 15) is 0 Å². The molecule has 18 heavy (non-hydrogen) atoms. The van der Waals surface area contributed by atoms with Gasteiger partial charge in [0.25, 0.3) is 12.2 Å². The Labute approximate surface area is 108 Å². The molecule has 4 heteroatoms. The van der Waals surface area contributed by atoms with E-state index < -0.39 is 6.42 Å². The predicted molar refractivity (Wildman–Crippen MR) is 76.0 cm³/mol. The standard InChI is InChI=1S/C14H18BN3/c1-3-15(4-2)17-11-7-5-9-13(17)16-14-10-6-8-12-18(14)15/h5-12H,3-4H2,1-2H3. The third kappa shape index (κ3) is 1.38. The van der Waals surface area contributed by atoms with E-state index in [4.69, 9.17) is 4.99 Å². The first-order valence-electron chi connectivity index (χ1n) is 6.74. The maximum atomic E-state index is 4.74. The fourth-order valence-corrected chi connectivity index (χ4v) is 3.22. The van der Waals surface area contributed by atoms with Crippen molar-refractivity contribution in [1.29, 1.82) is 0 Å². The van der Waals surface area contributed by atoms with Crippen LogP contribution in [0.1, 0.15) is 13.8 Å². The first kappa shape index (κ1) is 11.3. The van der Waals surface area contributed by atoms with Gasteiger partial charge in [-0.3, -0.25) is 0 Å². The number of amidine groups is 1. The Morgan fingerprint density at radius 3 is 2.83 bits per heavy atom. The van der Waals surface area contributed by atoms with Gasteiger partial charge < -0.3 is 9.29 Å². The molecule has 0 saturated heterocycles. The van der Waals surface area contributed by atoms with Crippen molar-refractivity contribution >= 4 is 18.1 Å². The zero-order chi connectivity index (χ0) is 12.6. The molecule has 1 aromatic heterocycles. The van der Waals surface area contributed by atoms with Gasteiger partial charge >= 0.3 is 0 Å². The lowest BCUT2D eigenvalue weighted by molar-refractivity contribution is -0.541. The Hall–Kier alpha value is -1.84. The Bertz CT molecular complexity index is 556. The molecule has 0 fully saturated rings. The van der Waals surface area contributed by atoms with Gasteiger partial charge in [-0.05, 0) is 23.3 Å². The third-order valence-electron chi connectivity index (χ3n) is 4.31. The SMILES string of the molecule is CC[B-]1(CC)N2C=CC=CC2=Nc2cccc[n+]21. The summed E-state index contributed by atoms with van der Waals surface area (Å²) in [5.41, 5.74) is 0. The Balaban J connectivity index is 2.26. The van der Waals surface area contributed by atoms with Crippen LogP contribution in [0.15, 0.2) is 53.8 Å². The zero-order valence-corrected chi connectivity index (χ0v) is 11.0. The van der Waals surface area contributed by atoms with Crippen LogP contribution in [-0.4, -0.2) is 17.1 Å². The number of pyridine rings is 1. The van der Waals surface area contributed by atoms with Crippen LogP contribution in [-0.2, 0) is 0 Å². The van der Waals surface area contributed by atoms with Crippen LogP contribution in [0.4, 0.5) is 5.82 Å². The molecule has 0 saturated carbocycles. The fourth-order valence-electron chi connectivity index (χ4n) is 3.22. The number of nitrogens with zero attached hydrogens (tertiary/aromatic N) is 3. The van der Waals surface area contributed by atoms with Crippen molar-refractivity contribution in [1.82, 2.24) is 4.81 Å². The summed E-state index contributed by atoms with van der Waals surface area (Å²) in [5, 5.41) is 0. The van der Waals surface area contributed by atoms with Gasteiger partial charge in [-0.2, -0.15) is 0 Å². The van der Waals surface area contributed by atoms with Crippen molar-refractivity contribution in [2.45, 2.75) is 26.5 Å². The van der Waals surface area contributed by atoms with E-state index in [1.54, 1.807) is 0 Å². The molecule has 2 aliphatic rings. The van der Waals surface area contributed by atoms with Gasteiger partial charge in [0.1, 0.15) is 0 Å². The molecule has 0 unspecified atom stereocenters. The van der Waals surface area contributed by atoms with E-state index in [1.165, 1.54) is 0 Å².